The summed E-state index contributed by atoms with van der Waals surface area (Å²) in [5, 5.41) is 0. The average Bonchev–Trinajstić information content (AvgIpc) is 2.28. The van der Waals surface area contributed by atoms with Gasteiger partial charge in [0.25, 0.3) is 0 Å². The van der Waals surface area contributed by atoms with E-state index in [1.807, 2.05) is 6.92 Å². The van der Waals surface area contributed by atoms with Crippen LogP contribution in [0.15, 0.2) is 24.3 Å². The van der Waals surface area contributed by atoms with Gasteiger partial charge in [-0.2, -0.15) is 0 Å². The standard InChI is InChI=1S/C16H24O/c1-5-7-8-9-17-16(6-2)15-11-13(3)10-14(4)12-15/h6,10-12H,5,7-9H2,1-4H3. The summed E-state index contributed by atoms with van der Waals surface area (Å²) in [6, 6.07) is 6.55. The first-order chi connectivity index (χ1) is 8.17. The average molecular weight is 232 g/mol. The molecular formula is C16H24O. The Kier molecular flexibility index (Phi) is 5.82. The van der Waals surface area contributed by atoms with Crippen LogP contribution in [0.25, 0.3) is 5.76 Å². The van der Waals surface area contributed by atoms with Crippen molar-refractivity contribution >= 4 is 5.76 Å². The molecule has 0 saturated carbocycles. The van der Waals surface area contributed by atoms with Crippen molar-refractivity contribution in [2.45, 2.75) is 47.0 Å². The molecule has 0 heterocycles. The van der Waals surface area contributed by atoms with Crippen LogP contribution in [0.5, 0.6) is 0 Å². The van der Waals surface area contributed by atoms with Gasteiger partial charge in [0.05, 0.1) is 6.61 Å². The van der Waals surface area contributed by atoms with Crippen molar-refractivity contribution in [1.29, 1.82) is 0 Å². The van der Waals surface area contributed by atoms with Gasteiger partial charge in [0.2, 0.25) is 0 Å². The molecule has 1 aromatic carbocycles. The highest BCUT2D eigenvalue weighted by atomic mass is 16.5. The summed E-state index contributed by atoms with van der Waals surface area (Å²) >= 11 is 0. The van der Waals surface area contributed by atoms with Crippen LogP contribution in [0.1, 0.15) is 49.8 Å². The Morgan fingerprint density at radius 2 is 1.76 bits per heavy atom. The maximum absolute atomic E-state index is 5.85. The Balaban J connectivity index is 2.67. The summed E-state index contributed by atoms with van der Waals surface area (Å²) in [6.45, 7) is 9.32. The second-order valence-corrected chi connectivity index (χ2v) is 4.58. The quantitative estimate of drug-likeness (QED) is 0.502. The molecule has 94 valence electrons. The van der Waals surface area contributed by atoms with E-state index in [2.05, 4.69) is 45.0 Å². The van der Waals surface area contributed by atoms with Crippen LogP contribution in [0.4, 0.5) is 0 Å². The monoisotopic (exact) mass is 232 g/mol. The van der Waals surface area contributed by atoms with E-state index in [0.29, 0.717) is 0 Å². The number of aryl methyl sites for hydroxylation is 2. The van der Waals surface area contributed by atoms with E-state index in [4.69, 9.17) is 4.74 Å². The van der Waals surface area contributed by atoms with E-state index >= 15 is 0 Å². The van der Waals surface area contributed by atoms with Gasteiger partial charge < -0.3 is 4.74 Å². The van der Waals surface area contributed by atoms with Gasteiger partial charge in [0.1, 0.15) is 5.76 Å². The van der Waals surface area contributed by atoms with E-state index in [-0.39, 0.29) is 0 Å². The number of rotatable bonds is 6. The molecule has 0 N–H and O–H groups in total. The van der Waals surface area contributed by atoms with Crippen molar-refractivity contribution in [2.24, 2.45) is 0 Å². The van der Waals surface area contributed by atoms with E-state index < -0.39 is 0 Å². The third-order valence-corrected chi connectivity index (χ3v) is 2.77. The van der Waals surface area contributed by atoms with E-state index in [9.17, 15) is 0 Å². The minimum atomic E-state index is 0.820. The summed E-state index contributed by atoms with van der Waals surface area (Å²) in [6.07, 6.45) is 5.67. The lowest BCUT2D eigenvalue weighted by Gasteiger charge is -2.11. The van der Waals surface area contributed by atoms with Crippen LogP contribution >= 0.6 is 0 Å². The first-order valence-electron chi connectivity index (χ1n) is 6.55. The minimum absolute atomic E-state index is 0.820. The Morgan fingerprint density at radius 1 is 1.12 bits per heavy atom. The molecule has 0 fully saturated rings. The van der Waals surface area contributed by atoms with Gasteiger partial charge in [-0.25, -0.2) is 0 Å². The summed E-state index contributed by atoms with van der Waals surface area (Å²) in [7, 11) is 0. The van der Waals surface area contributed by atoms with Gasteiger partial charge in [-0.15, -0.1) is 0 Å². The third kappa shape index (κ3) is 4.64. The molecule has 0 aliphatic carbocycles. The molecule has 0 amide bonds. The third-order valence-electron chi connectivity index (χ3n) is 2.77. The van der Waals surface area contributed by atoms with Gasteiger partial charge in [0.15, 0.2) is 0 Å². The van der Waals surface area contributed by atoms with Crippen LogP contribution < -0.4 is 0 Å². The number of unbranched alkanes of at least 4 members (excludes halogenated alkanes) is 2. The van der Waals surface area contributed by atoms with E-state index in [0.717, 1.165) is 18.8 Å². The molecule has 0 aliphatic rings. The molecule has 0 atom stereocenters. The summed E-state index contributed by atoms with van der Waals surface area (Å²) in [5.74, 6) is 1.01. The lowest BCUT2D eigenvalue weighted by molar-refractivity contribution is 0.267. The fourth-order valence-corrected chi connectivity index (χ4v) is 1.98. The van der Waals surface area contributed by atoms with Crippen molar-refractivity contribution in [1.82, 2.24) is 0 Å². The molecule has 0 unspecified atom stereocenters. The summed E-state index contributed by atoms with van der Waals surface area (Å²) in [4.78, 5) is 0. The number of hydrogen-bond donors (Lipinski definition) is 0. The van der Waals surface area contributed by atoms with Crippen molar-refractivity contribution in [2.75, 3.05) is 6.61 Å². The molecule has 17 heavy (non-hydrogen) atoms. The summed E-state index contributed by atoms with van der Waals surface area (Å²) < 4.78 is 5.85. The maximum atomic E-state index is 5.85. The highest BCUT2D eigenvalue weighted by molar-refractivity contribution is 5.61. The number of ether oxygens (including phenoxy) is 1. The first-order valence-corrected chi connectivity index (χ1v) is 6.55. The van der Waals surface area contributed by atoms with Gasteiger partial charge in [0, 0.05) is 5.56 Å². The summed E-state index contributed by atoms with van der Waals surface area (Å²) in [5.41, 5.74) is 3.77. The molecule has 0 aromatic heterocycles. The molecule has 0 bridgehead atoms. The van der Waals surface area contributed by atoms with Gasteiger partial charge in [-0.05, 0) is 45.4 Å². The molecule has 0 aliphatic heterocycles. The molecular weight excluding hydrogens is 208 g/mol. The Hall–Kier alpha value is -1.24. The van der Waals surface area contributed by atoms with Crippen molar-refractivity contribution < 1.29 is 4.74 Å². The smallest absolute Gasteiger partial charge is 0.122 e. The molecule has 1 rings (SSSR count). The second kappa shape index (κ2) is 7.16. The largest absolute Gasteiger partial charge is 0.493 e. The second-order valence-electron chi connectivity index (χ2n) is 4.58. The van der Waals surface area contributed by atoms with Gasteiger partial charge >= 0.3 is 0 Å². The number of benzene rings is 1. The van der Waals surface area contributed by atoms with Crippen molar-refractivity contribution in [3.63, 3.8) is 0 Å². The zero-order valence-electron chi connectivity index (χ0n) is 11.5. The fraction of sp³-hybridized carbons (Fsp3) is 0.500. The topological polar surface area (TPSA) is 9.23 Å². The van der Waals surface area contributed by atoms with Crippen LogP contribution in [0.3, 0.4) is 0 Å². The fourth-order valence-electron chi connectivity index (χ4n) is 1.98. The van der Waals surface area contributed by atoms with Crippen molar-refractivity contribution in [3.05, 3.63) is 41.0 Å². The van der Waals surface area contributed by atoms with Gasteiger partial charge in [-0.3, -0.25) is 0 Å². The Bertz CT molecular complexity index is 357. The highest BCUT2D eigenvalue weighted by Crippen LogP contribution is 2.19. The first kappa shape index (κ1) is 13.8. The molecule has 1 nitrogen and oxygen atoms in total. The van der Waals surface area contributed by atoms with E-state index in [1.165, 1.54) is 29.5 Å². The van der Waals surface area contributed by atoms with Gasteiger partial charge in [-0.1, -0.05) is 37.0 Å². The van der Waals surface area contributed by atoms with Crippen LogP contribution in [0.2, 0.25) is 0 Å². The van der Waals surface area contributed by atoms with Crippen LogP contribution in [-0.2, 0) is 4.74 Å². The maximum Gasteiger partial charge on any atom is 0.122 e. The molecule has 0 spiro atoms. The number of allylic oxidation sites excluding steroid dienone is 1. The SMILES string of the molecule is CC=C(OCCCCC)c1cc(C)cc(C)c1. The van der Waals surface area contributed by atoms with E-state index in [1.54, 1.807) is 0 Å². The lowest BCUT2D eigenvalue weighted by Crippen LogP contribution is -1.96. The van der Waals surface area contributed by atoms with Crippen LogP contribution in [-0.4, -0.2) is 6.61 Å². The van der Waals surface area contributed by atoms with Crippen molar-refractivity contribution in [3.8, 4) is 0 Å². The molecule has 1 aromatic rings. The molecule has 1 heteroatoms. The Labute approximate surface area is 106 Å². The van der Waals surface area contributed by atoms with Crippen LogP contribution in [0, 0.1) is 13.8 Å². The number of hydrogen-bond acceptors (Lipinski definition) is 1. The Morgan fingerprint density at radius 3 is 2.29 bits per heavy atom. The predicted octanol–water partition coefficient (Wildman–Crippen LogP) is 4.87. The lowest BCUT2D eigenvalue weighted by atomic mass is 10.1. The predicted molar refractivity (Wildman–Crippen MR) is 75.0 cm³/mol. The molecule has 0 radical (unpaired) electrons. The zero-order chi connectivity index (χ0) is 12.7. The normalized spacial score (nSPS) is 11.6. The zero-order valence-corrected chi connectivity index (χ0v) is 11.5. The minimum Gasteiger partial charge on any atom is -0.493 e. The molecule has 0 saturated heterocycles. The highest BCUT2D eigenvalue weighted by Gasteiger charge is 2.03.